The van der Waals surface area contributed by atoms with Crippen LogP contribution in [0, 0.1) is 6.92 Å². The van der Waals surface area contributed by atoms with Crippen LogP contribution >= 0.6 is 15.9 Å². The molecule has 3 aromatic rings. The van der Waals surface area contributed by atoms with Gasteiger partial charge in [0.2, 0.25) is 15.9 Å². The molecule has 1 aromatic heterocycles. The van der Waals surface area contributed by atoms with Crippen LogP contribution in [0.25, 0.3) is 0 Å². The van der Waals surface area contributed by atoms with Gasteiger partial charge in [0.15, 0.2) is 0 Å². The highest BCUT2D eigenvalue weighted by atomic mass is 79.9. The molecule has 0 spiro atoms. The number of rotatable bonds is 8. The van der Waals surface area contributed by atoms with Crippen molar-refractivity contribution in [2.75, 3.05) is 19.0 Å². The van der Waals surface area contributed by atoms with Crippen molar-refractivity contribution in [3.05, 3.63) is 76.7 Å². The Labute approximate surface area is 183 Å². The van der Waals surface area contributed by atoms with Gasteiger partial charge in [-0.05, 0) is 76.9 Å². The number of methoxy groups -OCH3 is 1. The van der Waals surface area contributed by atoms with Crippen molar-refractivity contribution in [2.24, 2.45) is 0 Å². The lowest BCUT2D eigenvalue weighted by atomic mass is 10.2. The molecule has 0 aliphatic rings. The second-order valence-corrected chi connectivity index (χ2v) is 9.35. The zero-order valence-electron chi connectivity index (χ0n) is 16.5. The maximum atomic E-state index is 13.2. The van der Waals surface area contributed by atoms with E-state index in [0.717, 1.165) is 9.87 Å². The Morgan fingerprint density at radius 1 is 1.17 bits per heavy atom. The van der Waals surface area contributed by atoms with Gasteiger partial charge < -0.3 is 14.5 Å². The monoisotopic (exact) mass is 492 g/mol. The van der Waals surface area contributed by atoms with Crippen LogP contribution in [0.5, 0.6) is 5.75 Å². The maximum absolute atomic E-state index is 13.2. The summed E-state index contributed by atoms with van der Waals surface area (Å²) in [5, 5.41) is 2.75. The summed E-state index contributed by atoms with van der Waals surface area (Å²) in [5.74, 6) is 0.494. The topological polar surface area (TPSA) is 88.9 Å². The van der Waals surface area contributed by atoms with Crippen molar-refractivity contribution in [1.29, 1.82) is 0 Å². The van der Waals surface area contributed by atoms with Gasteiger partial charge in [0.05, 0.1) is 37.0 Å². The molecule has 30 heavy (non-hydrogen) atoms. The SMILES string of the molecule is COc1ccc(S(=O)(=O)N(CC(=O)Nc2ccc(C)cc2Br)Cc2ccco2)cc1. The standard InChI is InChI=1S/C21H21BrN2O5S/c1-15-5-10-20(19(22)12-15)23-21(25)14-24(13-17-4-3-11-29-17)30(26,27)18-8-6-16(28-2)7-9-18/h3-12H,13-14H2,1-2H3,(H,23,25). The maximum Gasteiger partial charge on any atom is 0.243 e. The molecule has 0 aliphatic carbocycles. The largest absolute Gasteiger partial charge is 0.497 e. The summed E-state index contributed by atoms with van der Waals surface area (Å²) < 4.78 is 38.6. The number of nitrogens with one attached hydrogen (secondary N) is 1. The van der Waals surface area contributed by atoms with Crippen molar-refractivity contribution in [3.63, 3.8) is 0 Å². The first-order valence-electron chi connectivity index (χ1n) is 9.02. The van der Waals surface area contributed by atoms with Gasteiger partial charge in [-0.25, -0.2) is 8.42 Å². The van der Waals surface area contributed by atoms with Crippen LogP contribution in [0.15, 0.2) is 74.6 Å². The van der Waals surface area contributed by atoms with Crippen LogP contribution in [-0.2, 0) is 21.4 Å². The number of benzene rings is 2. The molecule has 0 saturated carbocycles. The minimum Gasteiger partial charge on any atom is -0.497 e. The third kappa shape index (κ3) is 5.29. The molecular formula is C21H21BrN2O5S. The molecule has 158 valence electrons. The molecule has 0 atom stereocenters. The predicted molar refractivity (Wildman–Crippen MR) is 117 cm³/mol. The fourth-order valence-electron chi connectivity index (χ4n) is 2.77. The number of anilines is 1. The number of sulfonamides is 1. The fourth-order valence-corrected chi connectivity index (χ4v) is 4.73. The van der Waals surface area contributed by atoms with E-state index >= 15 is 0 Å². The Balaban J connectivity index is 1.85. The Morgan fingerprint density at radius 2 is 1.90 bits per heavy atom. The number of furan rings is 1. The highest BCUT2D eigenvalue weighted by Gasteiger charge is 2.28. The Hall–Kier alpha value is -2.62. The molecule has 0 saturated heterocycles. The van der Waals surface area contributed by atoms with Crippen LogP contribution in [0.2, 0.25) is 0 Å². The van der Waals surface area contributed by atoms with E-state index in [9.17, 15) is 13.2 Å². The van der Waals surface area contributed by atoms with Gasteiger partial charge in [-0.2, -0.15) is 4.31 Å². The molecule has 3 rings (SSSR count). The zero-order chi connectivity index (χ0) is 21.7. The molecule has 1 heterocycles. The number of carbonyl (C=O) groups excluding carboxylic acids is 1. The van der Waals surface area contributed by atoms with E-state index in [1.54, 1.807) is 30.3 Å². The Kier molecular flexibility index (Phi) is 6.96. The summed E-state index contributed by atoms with van der Waals surface area (Å²) in [5.41, 5.74) is 1.59. The average molecular weight is 493 g/mol. The molecule has 0 aliphatic heterocycles. The number of amides is 1. The summed E-state index contributed by atoms with van der Waals surface area (Å²) in [7, 11) is -2.46. The third-order valence-corrected chi connectivity index (χ3v) is 6.79. The number of nitrogens with zero attached hydrogens (tertiary/aromatic N) is 1. The van der Waals surface area contributed by atoms with Crippen molar-refractivity contribution in [2.45, 2.75) is 18.4 Å². The highest BCUT2D eigenvalue weighted by Crippen LogP contribution is 2.24. The summed E-state index contributed by atoms with van der Waals surface area (Å²) in [4.78, 5) is 12.7. The van der Waals surface area contributed by atoms with Crippen molar-refractivity contribution in [3.8, 4) is 5.75 Å². The van der Waals surface area contributed by atoms with E-state index in [1.807, 2.05) is 19.1 Å². The van der Waals surface area contributed by atoms with Crippen molar-refractivity contribution < 1.29 is 22.4 Å². The minimum atomic E-state index is -3.96. The number of hydrogen-bond donors (Lipinski definition) is 1. The fraction of sp³-hybridized carbons (Fsp3) is 0.190. The number of halogens is 1. The first-order chi connectivity index (χ1) is 14.3. The third-order valence-electron chi connectivity index (χ3n) is 4.33. The smallest absolute Gasteiger partial charge is 0.243 e. The van der Waals surface area contributed by atoms with Crippen LogP contribution in [0.4, 0.5) is 5.69 Å². The molecule has 1 N–H and O–H groups in total. The second kappa shape index (κ2) is 9.46. The number of hydrogen-bond acceptors (Lipinski definition) is 5. The average Bonchev–Trinajstić information content (AvgIpc) is 3.23. The molecular weight excluding hydrogens is 472 g/mol. The zero-order valence-corrected chi connectivity index (χ0v) is 18.9. The lowest BCUT2D eigenvalue weighted by Gasteiger charge is -2.21. The Morgan fingerprint density at radius 3 is 2.50 bits per heavy atom. The van der Waals surface area contributed by atoms with Crippen LogP contribution in [-0.4, -0.2) is 32.3 Å². The predicted octanol–water partition coefficient (Wildman–Crippen LogP) is 4.19. The van der Waals surface area contributed by atoms with Crippen LogP contribution < -0.4 is 10.1 Å². The van der Waals surface area contributed by atoms with Crippen molar-refractivity contribution in [1.82, 2.24) is 4.31 Å². The van der Waals surface area contributed by atoms with Crippen LogP contribution in [0.3, 0.4) is 0 Å². The summed E-state index contributed by atoms with van der Waals surface area (Å²) in [6.07, 6.45) is 1.46. The van der Waals surface area contributed by atoms with Gasteiger partial charge in [0, 0.05) is 4.47 Å². The molecule has 7 nitrogen and oxygen atoms in total. The van der Waals surface area contributed by atoms with Gasteiger partial charge >= 0.3 is 0 Å². The van der Waals surface area contributed by atoms with Gasteiger partial charge in [-0.15, -0.1) is 0 Å². The molecule has 0 unspecified atom stereocenters. The first kappa shape index (κ1) is 22.1. The van der Waals surface area contributed by atoms with E-state index in [-0.39, 0.29) is 18.0 Å². The Bertz CT molecular complexity index is 1110. The van der Waals surface area contributed by atoms with E-state index in [4.69, 9.17) is 9.15 Å². The second-order valence-electron chi connectivity index (χ2n) is 6.56. The number of ether oxygens (including phenoxy) is 1. The minimum absolute atomic E-state index is 0.0548. The number of aryl methyl sites for hydroxylation is 1. The molecule has 0 bridgehead atoms. The van der Waals surface area contributed by atoms with E-state index in [2.05, 4.69) is 21.2 Å². The molecule has 2 aromatic carbocycles. The molecule has 0 radical (unpaired) electrons. The van der Waals surface area contributed by atoms with Crippen molar-refractivity contribution >= 4 is 37.5 Å². The van der Waals surface area contributed by atoms with Gasteiger partial charge in [0.1, 0.15) is 11.5 Å². The van der Waals surface area contributed by atoms with Gasteiger partial charge in [-0.3, -0.25) is 4.79 Å². The normalized spacial score (nSPS) is 11.5. The highest BCUT2D eigenvalue weighted by molar-refractivity contribution is 9.10. The van der Waals surface area contributed by atoms with Gasteiger partial charge in [0.25, 0.3) is 0 Å². The van der Waals surface area contributed by atoms with Crippen LogP contribution in [0.1, 0.15) is 11.3 Å². The van der Waals surface area contributed by atoms with Gasteiger partial charge in [-0.1, -0.05) is 6.07 Å². The molecule has 0 fully saturated rings. The first-order valence-corrected chi connectivity index (χ1v) is 11.3. The molecule has 9 heteroatoms. The molecule has 1 amide bonds. The van der Waals surface area contributed by atoms with E-state index < -0.39 is 15.9 Å². The lowest BCUT2D eigenvalue weighted by Crippen LogP contribution is -2.37. The number of carbonyl (C=O) groups is 1. The summed E-state index contributed by atoms with van der Waals surface area (Å²) in [6.45, 7) is 1.47. The summed E-state index contributed by atoms with van der Waals surface area (Å²) in [6, 6.07) is 14.8. The quantitative estimate of drug-likeness (QED) is 0.509. The lowest BCUT2D eigenvalue weighted by molar-refractivity contribution is -0.116. The van der Waals surface area contributed by atoms with E-state index in [1.165, 1.54) is 25.5 Å². The summed E-state index contributed by atoms with van der Waals surface area (Å²) >= 11 is 3.41. The van der Waals surface area contributed by atoms with E-state index in [0.29, 0.717) is 21.7 Å².